The molecule has 1 aliphatic rings. The Morgan fingerprint density at radius 2 is 2.06 bits per heavy atom. The van der Waals surface area contributed by atoms with Gasteiger partial charge in [0, 0.05) is 36.1 Å². The molecule has 1 fully saturated rings. The van der Waals surface area contributed by atoms with Gasteiger partial charge in [-0.25, -0.2) is 4.98 Å². The van der Waals surface area contributed by atoms with Crippen molar-refractivity contribution in [3.63, 3.8) is 0 Å². The molecule has 0 aliphatic heterocycles. The van der Waals surface area contributed by atoms with Crippen LogP contribution in [0.1, 0.15) is 32.8 Å². The van der Waals surface area contributed by atoms with Gasteiger partial charge in [-0.1, -0.05) is 32.4 Å². The van der Waals surface area contributed by atoms with E-state index in [1.54, 1.807) is 12.4 Å². The second kappa shape index (κ2) is 9.69. The molecule has 0 spiro atoms. The number of carbonyl (C=O) groups is 1. The number of anilines is 1. The fourth-order valence-corrected chi connectivity index (χ4v) is 5.14. The van der Waals surface area contributed by atoms with E-state index in [2.05, 4.69) is 55.2 Å². The van der Waals surface area contributed by atoms with Crippen LogP contribution in [0.5, 0.6) is 0 Å². The first-order valence-electron chi connectivity index (χ1n) is 11.9. The Hall–Kier alpha value is -2.79. The first-order valence-corrected chi connectivity index (χ1v) is 15.2. The van der Waals surface area contributed by atoms with Gasteiger partial charge in [-0.2, -0.15) is 5.26 Å². The lowest BCUT2D eigenvalue weighted by Gasteiger charge is -2.36. The smallest absolute Gasteiger partial charge is 0.230 e. The number of pyridine rings is 2. The zero-order valence-electron chi connectivity index (χ0n) is 20.9. The monoisotopic (exact) mass is 506 g/mol. The molecule has 1 aromatic carbocycles. The lowest BCUT2D eigenvalue weighted by atomic mass is 9.98. The van der Waals surface area contributed by atoms with Crippen LogP contribution >= 0.6 is 11.6 Å². The van der Waals surface area contributed by atoms with Crippen LogP contribution in [0.15, 0.2) is 42.9 Å². The van der Waals surface area contributed by atoms with Crippen LogP contribution in [-0.2, 0) is 15.6 Å². The summed E-state index contributed by atoms with van der Waals surface area (Å²) in [6, 6.07) is 9.97. The van der Waals surface area contributed by atoms with E-state index in [9.17, 15) is 4.79 Å². The lowest BCUT2D eigenvalue weighted by Crippen LogP contribution is -2.41. The predicted octanol–water partition coefficient (Wildman–Crippen LogP) is 6.61. The van der Waals surface area contributed by atoms with Gasteiger partial charge in [0.1, 0.15) is 5.82 Å². The SMILES string of the molecule is CC(C)(C)[Si](C)(C)OCCc1ccncc1-c1cc(Cl)c2cnc(NC(=O)[C@H]3C[C@@H]3C#N)cc2c1. The summed E-state index contributed by atoms with van der Waals surface area (Å²) in [5.41, 5.74) is 3.11. The van der Waals surface area contributed by atoms with Gasteiger partial charge in [0.15, 0.2) is 8.32 Å². The van der Waals surface area contributed by atoms with Crippen molar-refractivity contribution in [3.8, 4) is 17.2 Å². The largest absolute Gasteiger partial charge is 0.416 e. The third kappa shape index (κ3) is 5.56. The maximum atomic E-state index is 12.4. The Labute approximate surface area is 212 Å². The minimum atomic E-state index is -1.83. The second-order valence-electron chi connectivity index (χ2n) is 10.7. The quantitative estimate of drug-likeness (QED) is 0.364. The molecule has 2 atom stereocenters. The van der Waals surface area contributed by atoms with Gasteiger partial charge in [0.2, 0.25) is 5.91 Å². The number of hydrogen-bond donors (Lipinski definition) is 1. The average molecular weight is 507 g/mol. The molecule has 2 aromatic heterocycles. The minimum absolute atomic E-state index is 0.163. The fourth-order valence-electron chi connectivity index (χ4n) is 3.82. The second-order valence-corrected chi connectivity index (χ2v) is 15.9. The van der Waals surface area contributed by atoms with Gasteiger partial charge in [0.25, 0.3) is 0 Å². The normalized spacial score (nSPS) is 17.7. The van der Waals surface area contributed by atoms with Crippen molar-refractivity contribution in [2.24, 2.45) is 11.8 Å². The summed E-state index contributed by atoms with van der Waals surface area (Å²) in [6.07, 6.45) is 6.72. The van der Waals surface area contributed by atoms with Crippen LogP contribution in [0.25, 0.3) is 21.9 Å². The molecule has 35 heavy (non-hydrogen) atoms. The first-order chi connectivity index (χ1) is 16.5. The van der Waals surface area contributed by atoms with Crippen LogP contribution in [0, 0.1) is 23.2 Å². The predicted molar refractivity (Wildman–Crippen MR) is 143 cm³/mol. The number of aromatic nitrogens is 2. The number of nitrogens with zero attached hydrogens (tertiary/aromatic N) is 3. The molecule has 0 radical (unpaired) electrons. The summed E-state index contributed by atoms with van der Waals surface area (Å²) in [6.45, 7) is 11.9. The maximum Gasteiger partial charge on any atom is 0.230 e. The molecule has 1 saturated carbocycles. The van der Waals surface area contributed by atoms with Crippen LogP contribution in [0.4, 0.5) is 5.82 Å². The number of carbonyl (C=O) groups excluding carboxylic acids is 1. The van der Waals surface area contributed by atoms with Crippen LogP contribution < -0.4 is 5.32 Å². The molecule has 4 rings (SSSR count). The summed E-state index contributed by atoms with van der Waals surface area (Å²) < 4.78 is 6.40. The lowest BCUT2D eigenvalue weighted by molar-refractivity contribution is -0.117. The number of nitrogens with one attached hydrogen (secondary N) is 1. The van der Waals surface area contributed by atoms with Gasteiger partial charge in [-0.05, 0) is 71.8 Å². The van der Waals surface area contributed by atoms with E-state index in [1.165, 1.54) is 0 Å². The van der Waals surface area contributed by atoms with Crippen molar-refractivity contribution in [3.05, 3.63) is 53.4 Å². The zero-order valence-corrected chi connectivity index (χ0v) is 22.6. The summed E-state index contributed by atoms with van der Waals surface area (Å²) in [5, 5.41) is 14.2. The van der Waals surface area contributed by atoms with Crippen LogP contribution in [-0.4, -0.2) is 30.8 Å². The number of amides is 1. The van der Waals surface area contributed by atoms with Crippen LogP contribution in [0.2, 0.25) is 23.2 Å². The Bertz CT molecular complexity index is 1310. The summed E-state index contributed by atoms with van der Waals surface area (Å²) in [5.74, 6) is -0.157. The Balaban J connectivity index is 1.58. The molecule has 6 nitrogen and oxygen atoms in total. The number of nitriles is 1. The van der Waals surface area contributed by atoms with Gasteiger partial charge in [0.05, 0.1) is 22.9 Å². The van der Waals surface area contributed by atoms with Crippen molar-refractivity contribution in [1.29, 1.82) is 5.26 Å². The van der Waals surface area contributed by atoms with E-state index in [1.807, 2.05) is 30.5 Å². The summed E-state index contributed by atoms with van der Waals surface area (Å²) in [7, 11) is -1.83. The van der Waals surface area contributed by atoms with Crippen molar-refractivity contribution in [2.45, 2.75) is 51.7 Å². The Morgan fingerprint density at radius 3 is 2.74 bits per heavy atom. The Morgan fingerprint density at radius 1 is 1.29 bits per heavy atom. The topological polar surface area (TPSA) is 87.9 Å². The van der Waals surface area contributed by atoms with Gasteiger partial charge < -0.3 is 9.74 Å². The molecule has 0 saturated heterocycles. The fraction of sp³-hybridized carbons (Fsp3) is 0.407. The molecule has 8 heteroatoms. The molecule has 2 heterocycles. The van der Waals surface area contributed by atoms with Crippen LogP contribution in [0.3, 0.4) is 0 Å². The number of hydrogen-bond acceptors (Lipinski definition) is 5. The van der Waals surface area contributed by atoms with E-state index in [0.717, 1.165) is 33.9 Å². The number of benzene rings is 1. The van der Waals surface area contributed by atoms with Crippen molar-refractivity contribution in [1.82, 2.24) is 9.97 Å². The standard InChI is InChI=1S/C27H31ClN4O2Si/c1-27(2,3)35(4,5)34-9-7-17-6-8-30-15-22(17)18-10-19-13-25(31-16-23(19)24(28)12-18)32-26(33)21-11-20(21)14-29/h6,8,10,12-13,15-16,20-21H,7,9,11H2,1-5H3,(H,31,32,33)/t20-,21+/m1/s1. The molecule has 0 bridgehead atoms. The van der Waals surface area contributed by atoms with Gasteiger partial charge >= 0.3 is 0 Å². The van der Waals surface area contributed by atoms with E-state index >= 15 is 0 Å². The van der Waals surface area contributed by atoms with E-state index in [4.69, 9.17) is 21.3 Å². The Kier molecular flexibility index (Phi) is 7.01. The van der Waals surface area contributed by atoms with Crippen molar-refractivity contribution < 1.29 is 9.22 Å². The molecule has 1 aliphatic carbocycles. The highest BCUT2D eigenvalue weighted by atomic mass is 35.5. The molecule has 0 unspecified atom stereocenters. The zero-order chi connectivity index (χ0) is 25.4. The summed E-state index contributed by atoms with van der Waals surface area (Å²) in [4.78, 5) is 21.1. The third-order valence-corrected chi connectivity index (χ3v) is 12.0. The van der Waals surface area contributed by atoms with Crippen molar-refractivity contribution >= 4 is 42.4 Å². The van der Waals surface area contributed by atoms with E-state index < -0.39 is 8.32 Å². The molecular formula is C27H31ClN4O2Si. The minimum Gasteiger partial charge on any atom is -0.416 e. The third-order valence-electron chi connectivity index (χ3n) is 7.19. The van der Waals surface area contributed by atoms with Crippen molar-refractivity contribution in [2.75, 3.05) is 11.9 Å². The van der Waals surface area contributed by atoms with Gasteiger partial charge in [-0.3, -0.25) is 9.78 Å². The number of halogens is 1. The molecule has 3 aromatic rings. The highest BCUT2D eigenvalue weighted by Crippen LogP contribution is 2.39. The molecular weight excluding hydrogens is 476 g/mol. The number of fused-ring (bicyclic) bond motifs is 1. The highest BCUT2D eigenvalue weighted by Gasteiger charge is 2.43. The van der Waals surface area contributed by atoms with E-state index in [0.29, 0.717) is 23.9 Å². The first kappa shape index (κ1) is 25.3. The van der Waals surface area contributed by atoms with Gasteiger partial charge in [-0.15, -0.1) is 0 Å². The maximum absolute atomic E-state index is 12.4. The number of rotatable bonds is 7. The van der Waals surface area contributed by atoms with E-state index in [-0.39, 0.29) is 22.8 Å². The highest BCUT2D eigenvalue weighted by molar-refractivity contribution is 6.74. The average Bonchev–Trinajstić information content (AvgIpc) is 3.58. The molecule has 1 N–H and O–H groups in total. The summed E-state index contributed by atoms with van der Waals surface area (Å²) >= 11 is 6.63. The molecule has 182 valence electrons. The molecule has 1 amide bonds.